The summed E-state index contributed by atoms with van der Waals surface area (Å²) in [4.78, 5) is 16.7. The van der Waals surface area contributed by atoms with Crippen LogP contribution in [0.3, 0.4) is 0 Å². The van der Waals surface area contributed by atoms with E-state index < -0.39 is 18.6 Å². The first kappa shape index (κ1) is 21.4. The molecule has 0 aliphatic carbocycles. The number of carbonyl (C=O) groups excluding carboxylic acids is 1. The van der Waals surface area contributed by atoms with E-state index in [2.05, 4.69) is 10.1 Å². The van der Waals surface area contributed by atoms with Gasteiger partial charge in [0, 0.05) is 17.3 Å². The van der Waals surface area contributed by atoms with E-state index in [1.165, 1.54) is 13.0 Å². The zero-order valence-electron chi connectivity index (χ0n) is 17.9. The number of aromatic nitrogens is 4. The minimum atomic E-state index is -2.80. The molecule has 4 rings (SSSR count). The molecular weight excluding hydrogens is 414 g/mol. The Morgan fingerprint density at radius 3 is 2.47 bits per heavy atom. The van der Waals surface area contributed by atoms with Crippen molar-refractivity contribution in [2.24, 2.45) is 0 Å². The fourth-order valence-electron chi connectivity index (χ4n) is 3.69. The molecule has 0 N–H and O–H groups in total. The lowest BCUT2D eigenvalue weighted by Crippen LogP contribution is -2.13. The van der Waals surface area contributed by atoms with Crippen molar-refractivity contribution in [2.45, 2.75) is 33.4 Å². The van der Waals surface area contributed by atoms with Gasteiger partial charge in [-0.3, -0.25) is 4.57 Å². The number of carbonyl (C=O) groups is 1. The molecule has 0 aliphatic rings. The van der Waals surface area contributed by atoms with Crippen LogP contribution in [0.25, 0.3) is 22.8 Å². The first-order chi connectivity index (χ1) is 15.4. The molecule has 6 nitrogen and oxygen atoms in total. The van der Waals surface area contributed by atoms with Gasteiger partial charge in [-0.05, 0) is 51.1 Å². The van der Waals surface area contributed by atoms with Crippen LogP contribution in [0, 0.1) is 13.8 Å². The van der Waals surface area contributed by atoms with Gasteiger partial charge in [0.15, 0.2) is 11.9 Å². The summed E-state index contributed by atoms with van der Waals surface area (Å²) in [5.74, 6) is -0.663. The summed E-state index contributed by atoms with van der Waals surface area (Å²) in [6.07, 6.45) is 1.95. The van der Waals surface area contributed by atoms with Crippen molar-refractivity contribution in [3.05, 3.63) is 83.4 Å². The second-order valence-corrected chi connectivity index (χ2v) is 7.35. The van der Waals surface area contributed by atoms with Crippen LogP contribution < -0.4 is 0 Å². The van der Waals surface area contributed by atoms with Gasteiger partial charge in [0.25, 0.3) is 0 Å². The lowest BCUT2D eigenvalue weighted by Gasteiger charge is -2.14. The third-order valence-electron chi connectivity index (χ3n) is 5.21. The van der Waals surface area contributed by atoms with Crippen LogP contribution in [0.4, 0.5) is 8.78 Å². The summed E-state index contributed by atoms with van der Waals surface area (Å²) in [5, 5.41) is 4.54. The standard InChI is InChI=1S/C24H22F2N4O2/c1-15-19(16(2)30(28-15)18-9-5-4-6-10-18)13-14-22(31)32-17(3)23-27-20-11-7-8-12-21(20)29(23)24(25)26/h4-14,17,24H,1-3H3. The smallest absolute Gasteiger partial charge is 0.331 e. The molecule has 0 fully saturated rings. The lowest BCUT2D eigenvalue weighted by molar-refractivity contribution is -0.143. The first-order valence-electron chi connectivity index (χ1n) is 10.1. The van der Waals surface area contributed by atoms with Gasteiger partial charge in [-0.2, -0.15) is 13.9 Å². The number of fused-ring (bicyclic) bond motifs is 1. The second-order valence-electron chi connectivity index (χ2n) is 7.35. The fourth-order valence-corrected chi connectivity index (χ4v) is 3.69. The molecule has 2 heterocycles. The highest BCUT2D eigenvalue weighted by Gasteiger charge is 2.23. The van der Waals surface area contributed by atoms with Gasteiger partial charge in [-0.25, -0.2) is 14.5 Å². The van der Waals surface area contributed by atoms with E-state index in [-0.39, 0.29) is 11.3 Å². The molecular formula is C24H22F2N4O2. The number of esters is 1. The number of hydrogen-bond acceptors (Lipinski definition) is 4. The van der Waals surface area contributed by atoms with Gasteiger partial charge in [0.1, 0.15) is 0 Å². The number of halogens is 2. The Morgan fingerprint density at radius 2 is 1.75 bits per heavy atom. The minimum absolute atomic E-state index is 0.00721. The van der Waals surface area contributed by atoms with E-state index >= 15 is 0 Å². The van der Waals surface area contributed by atoms with Gasteiger partial charge in [0.2, 0.25) is 0 Å². The molecule has 1 atom stereocenters. The Labute approximate surface area is 183 Å². The molecule has 0 saturated heterocycles. The molecule has 0 bridgehead atoms. The molecule has 8 heteroatoms. The summed E-state index contributed by atoms with van der Waals surface area (Å²) in [5.41, 5.74) is 4.03. The van der Waals surface area contributed by atoms with Crippen molar-refractivity contribution in [3.63, 3.8) is 0 Å². The van der Waals surface area contributed by atoms with Crippen molar-refractivity contribution < 1.29 is 18.3 Å². The number of ether oxygens (including phenoxy) is 1. The Bertz CT molecular complexity index is 1290. The maximum Gasteiger partial charge on any atom is 0.331 e. The maximum atomic E-state index is 13.6. The second kappa shape index (κ2) is 8.74. The van der Waals surface area contributed by atoms with Crippen LogP contribution >= 0.6 is 0 Å². The van der Waals surface area contributed by atoms with E-state index in [0.717, 1.165) is 27.2 Å². The number of rotatable bonds is 6. The number of para-hydroxylation sites is 3. The summed E-state index contributed by atoms with van der Waals surface area (Å²) < 4.78 is 35.3. The number of nitrogens with zero attached hydrogens (tertiary/aromatic N) is 4. The lowest BCUT2D eigenvalue weighted by atomic mass is 10.2. The van der Waals surface area contributed by atoms with Gasteiger partial charge in [0.05, 0.1) is 22.4 Å². The van der Waals surface area contributed by atoms with E-state index in [0.29, 0.717) is 5.52 Å². The molecule has 1 unspecified atom stereocenters. The number of hydrogen-bond donors (Lipinski definition) is 0. The third kappa shape index (κ3) is 4.03. The van der Waals surface area contributed by atoms with E-state index in [1.54, 1.807) is 35.0 Å². The van der Waals surface area contributed by atoms with Crippen LogP contribution in [0.2, 0.25) is 0 Å². The topological polar surface area (TPSA) is 61.9 Å². The van der Waals surface area contributed by atoms with Crippen LogP contribution in [0.1, 0.15) is 42.4 Å². The van der Waals surface area contributed by atoms with Gasteiger partial charge < -0.3 is 4.74 Å². The molecule has 2 aromatic heterocycles. The highest BCUT2D eigenvalue weighted by molar-refractivity contribution is 5.87. The highest BCUT2D eigenvalue weighted by atomic mass is 19.3. The normalized spacial score (nSPS) is 12.7. The van der Waals surface area contributed by atoms with Gasteiger partial charge >= 0.3 is 12.5 Å². The number of alkyl halides is 2. The van der Waals surface area contributed by atoms with Crippen molar-refractivity contribution in [1.29, 1.82) is 0 Å². The maximum absolute atomic E-state index is 13.6. The molecule has 0 aliphatic heterocycles. The van der Waals surface area contributed by atoms with Crippen molar-refractivity contribution in [1.82, 2.24) is 19.3 Å². The average molecular weight is 436 g/mol. The zero-order chi connectivity index (χ0) is 22.8. The zero-order valence-corrected chi connectivity index (χ0v) is 17.9. The van der Waals surface area contributed by atoms with E-state index in [9.17, 15) is 13.6 Å². The molecule has 0 radical (unpaired) electrons. The van der Waals surface area contributed by atoms with Crippen LogP contribution in [0.15, 0.2) is 60.7 Å². The molecule has 32 heavy (non-hydrogen) atoms. The minimum Gasteiger partial charge on any atom is -0.451 e. The summed E-state index contributed by atoms with van der Waals surface area (Å²) in [6, 6.07) is 16.2. The van der Waals surface area contributed by atoms with Crippen LogP contribution in [-0.2, 0) is 9.53 Å². The SMILES string of the molecule is Cc1nn(-c2ccccc2)c(C)c1C=CC(=O)OC(C)c1nc2ccccc2n1C(F)F. The van der Waals surface area contributed by atoms with Crippen LogP contribution in [-0.4, -0.2) is 25.3 Å². The summed E-state index contributed by atoms with van der Waals surface area (Å²) in [7, 11) is 0. The van der Waals surface area contributed by atoms with Gasteiger partial charge in [-0.15, -0.1) is 0 Å². The van der Waals surface area contributed by atoms with Crippen LogP contribution in [0.5, 0.6) is 0 Å². The van der Waals surface area contributed by atoms with Crippen molar-refractivity contribution in [3.8, 4) is 5.69 Å². The Kier molecular flexibility index (Phi) is 5.85. The van der Waals surface area contributed by atoms with E-state index in [4.69, 9.17) is 4.74 Å². The largest absolute Gasteiger partial charge is 0.451 e. The molecule has 164 valence electrons. The van der Waals surface area contributed by atoms with Gasteiger partial charge in [-0.1, -0.05) is 30.3 Å². The average Bonchev–Trinajstić information content (AvgIpc) is 3.30. The monoisotopic (exact) mass is 436 g/mol. The Morgan fingerprint density at radius 1 is 1.06 bits per heavy atom. The van der Waals surface area contributed by atoms with Crippen molar-refractivity contribution in [2.75, 3.05) is 0 Å². The molecule has 4 aromatic rings. The number of imidazole rings is 1. The quantitative estimate of drug-likeness (QED) is 0.294. The Hall–Kier alpha value is -3.81. The Balaban J connectivity index is 1.54. The van der Waals surface area contributed by atoms with E-state index in [1.807, 2.05) is 44.2 Å². The number of aryl methyl sites for hydroxylation is 1. The summed E-state index contributed by atoms with van der Waals surface area (Å²) in [6.45, 7) is 2.48. The number of benzene rings is 2. The predicted octanol–water partition coefficient (Wildman–Crippen LogP) is 5.55. The highest BCUT2D eigenvalue weighted by Crippen LogP contribution is 2.28. The predicted molar refractivity (Wildman–Crippen MR) is 118 cm³/mol. The summed E-state index contributed by atoms with van der Waals surface area (Å²) >= 11 is 0. The van der Waals surface area contributed by atoms with Crippen molar-refractivity contribution >= 4 is 23.1 Å². The molecule has 0 spiro atoms. The molecule has 0 saturated carbocycles. The molecule has 2 aromatic carbocycles. The fraction of sp³-hybridized carbons (Fsp3) is 0.208. The molecule has 0 amide bonds. The third-order valence-corrected chi connectivity index (χ3v) is 5.21. The first-order valence-corrected chi connectivity index (χ1v) is 10.1.